The van der Waals surface area contributed by atoms with E-state index in [9.17, 15) is 14.7 Å². The van der Waals surface area contributed by atoms with E-state index >= 15 is 0 Å². The van der Waals surface area contributed by atoms with Crippen LogP contribution in [0.25, 0.3) is 0 Å². The highest BCUT2D eigenvalue weighted by Crippen LogP contribution is 2.12. The van der Waals surface area contributed by atoms with E-state index in [1.54, 1.807) is 26.1 Å². The first-order valence-corrected chi connectivity index (χ1v) is 5.70. The lowest BCUT2D eigenvalue weighted by Crippen LogP contribution is -2.26. The van der Waals surface area contributed by atoms with Gasteiger partial charge in [0.2, 0.25) is 0 Å². The molecule has 98 valence electrons. The first-order chi connectivity index (χ1) is 9.00. The van der Waals surface area contributed by atoms with Crippen molar-refractivity contribution in [2.45, 2.75) is 20.4 Å². The SMILES string of the molecule is Cc1cc(=O)n(Cc2ccncn2)c(C)c1C(=O)O. The molecule has 19 heavy (non-hydrogen) atoms. The summed E-state index contributed by atoms with van der Waals surface area (Å²) in [6, 6.07) is 3.02. The largest absolute Gasteiger partial charge is 0.478 e. The molecule has 0 unspecified atom stereocenters. The zero-order valence-electron chi connectivity index (χ0n) is 10.6. The smallest absolute Gasteiger partial charge is 0.337 e. The van der Waals surface area contributed by atoms with E-state index in [4.69, 9.17) is 0 Å². The van der Waals surface area contributed by atoms with Crippen molar-refractivity contribution in [3.63, 3.8) is 0 Å². The number of pyridine rings is 1. The second kappa shape index (κ2) is 5.01. The average molecular weight is 259 g/mol. The predicted octanol–water partition coefficient (Wildman–Crippen LogP) is 1.00. The van der Waals surface area contributed by atoms with Crippen molar-refractivity contribution in [3.8, 4) is 0 Å². The Morgan fingerprint density at radius 2 is 2.16 bits per heavy atom. The molecule has 0 radical (unpaired) electrons. The van der Waals surface area contributed by atoms with Gasteiger partial charge in [-0.25, -0.2) is 14.8 Å². The lowest BCUT2D eigenvalue weighted by molar-refractivity contribution is 0.0694. The molecule has 0 amide bonds. The molecule has 6 heteroatoms. The predicted molar refractivity (Wildman–Crippen MR) is 68.3 cm³/mol. The van der Waals surface area contributed by atoms with E-state index < -0.39 is 5.97 Å². The second-order valence-corrected chi connectivity index (χ2v) is 4.22. The summed E-state index contributed by atoms with van der Waals surface area (Å²) in [6.45, 7) is 3.47. The Morgan fingerprint density at radius 1 is 1.42 bits per heavy atom. The third-order valence-electron chi connectivity index (χ3n) is 2.94. The highest BCUT2D eigenvalue weighted by molar-refractivity contribution is 5.90. The number of rotatable bonds is 3. The van der Waals surface area contributed by atoms with E-state index in [2.05, 4.69) is 9.97 Å². The fourth-order valence-electron chi connectivity index (χ4n) is 2.01. The van der Waals surface area contributed by atoms with Crippen molar-refractivity contribution in [2.24, 2.45) is 0 Å². The van der Waals surface area contributed by atoms with Gasteiger partial charge in [-0.3, -0.25) is 4.79 Å². The van der Waals surface area contributed by atoms with Crippen molar-refractivity contribution < 1.29 is 9.90 Å². The number of hydrogen-bond acceptors (Lipinski definition) is 4. The van der Waals surface area contributed by atoms with Gasteiger partial charge in [-0.2, -0.15) is 0 Å². The minimum atomic E-state index is -1.04. The summed E-state index contributed by atoms with van der Waals surface area (Å²) in [5, 5.41) is 9.19. The number of carbonyl (C=O) groups is 1. The number of aryl methyl sites for hydroxylation is 1. The van der Waals surface area contributed by atoms with Crippen LogP contribution in [0.1, 0.15) is 27.3 Å². The summed E-state index contributed by atoms with van der Waals surface area (Å²) < 4.78 is 1.40. The standard InChI is InChI=1S/C13H13N3O3/c1-8-5-11(17)16(9(2)12(8)13(18)19)6-10-3-4-14-7-15-10/h3-5,7H,6H2,1-2H3,(H,18,19). The third kappa shape index (κ3) is 2.52. The average Bonchev–Trinajstić information content (AvgIpc) is 2.35. The molecule has 0 bridgehead atoms. The fourth-order valence-corrected chi connectivity index (χ4v) is 2.01. The van der Waals surface area contributed by atoms with Crippen LogP contribution in [0.4, 0.5) is 0 Å². The van der Waals surface area contributed by atoms with Crippen LogP contribution in [0.5, 0.6) is 0 Å². The number of aromatic nitrogens is 3. The van der Waals surface area contributed by atoms with E-state index in [-0.39, 0.29) is 17.7 Å². The molecular weight excluding hydrogens is 246 g/mol. The van der Waals surface area contributed by atoms with E-state index in [1.165, 1.54) is 17.0 Å². The van der Waals surface area contributed by atoms with Gasteiger partial charge in [0.05, 0.1) is 17.8 Å². The van der Waals surface area contributed by atoms with Gasteiger partial charge in [0.1, 0.15) is 6.33 Å². The van der Waals surface area contributed by atoms with Crippen LogP contribution in [0.15, 0.2) is 29.5 Å². The number of aromatic carboxylic acids is 1. The summed E-state index contributed by atoms with van der Waals surface area (Å²) in [5.74, 6) is -1.04. The molecule has 2 aromatic rings. The summed E-state index contributed by atoms with van der Waals surface area (Å²) in [7, 11) is 0. The minimum Gasteiger partial charge on any atom is -0.478 e. The van der Waals surface area contributed by atoms with Crippen LogP contribution in [-0.2, 0) is 6.54 Å². The Labute approximate surface area is 109 Å². The fraction of sp³-hybridized carbons (Fsp3) is 0.231. The van der Waals surface area contributed by atoms with Gasteiger partial charge in [-0.1, -0.05) is 0 Å². The van der Waals surface area contributed by atoms with Gasteiger partial charge >= 0.3 is 5.97 Å². The van der Waals surface area contributed by atoms with Gasteiger partial charge < -0.3 is 9.67 Å². The Kier molecular flexibility index (Phi) is 3.41. The lowest BCUT2D eigenvalue weighted by Gasteiger charge is -2.13. The van der Waals surface area contributed by atoms with Crippen LogP contribution < -0.4 is 5.56 Å². The maximum absolute atomic E-state index is 12.0. The molecule has 0 saturated heterocycles. The summed E-state index contributed by atoms with van der Waals surface area (Å²) in [4.78, 5) is 31.0. The van der Waals surface area contributed by atoms with Gasteiger partial charge in [0.15, 0.2) is 0 Å². The van der Waals surface area contributed by atoms with Crippen molar-refractivity contribution in [1.29, 1.82) is 0 Å². The Hall–Kier alpha value is -2.50. The first kappa shape index (κ1) is 12.9. The molecule has 0 saturated carbocycles. The Balaban J connectivity index is 2.55. The zero-order chi connectivity index (χ0) is 14.0. The van der Waals surface area contributed by atoms with Gasteiger partial charge in [-0.15, -0.1) is 0 Å². The quantitative estimate of drug-likeness (QED) is 0.888. The van der Waals surface area contributed by atoms with Crippen LogP contribution in [0.3, 0.4) is 0 Å². The molecule has 0 atom stereocenters. The summed E-state index contributed by atoms with van der Waals surface area (Å²) >= 11 is 0. The van der Waals surface area contributed by atoms with Crippen LogP contribution in [-0.4, -0.2) is 25.6 Å². The topological polar surface area (TPSA) is 85.1 Å². The molecular formula is C13H13N3O3. The van der Waals surface area contributed by atoms with Crippen molar-refractivity contribution in [2.75, 3.05) is 0 Å². The third-order valence-corrected chi connectivity index (χ3v) is 2.94. The van der Waals surface area contributed by atoms with Crippen LogP contribution >= 0.6 is 0 Å². The highest BCUT2D eigenvalue weighted by Gasteiger charge is 2.16. The molecule has 0 aromatic carbocycles. The monoisotopic (exact) mass is 259 g/mol. The highest BCUT2D eigenvalue weighted by atomic mass is 16.4. The molecule has 2 aromatic heterocycles. The molecule has 1 N–H and O–H groups in total. The van der Waals surface area contributed by atoms with Gasteiger partial charge in [-0.05, 0) is 25.5 Å². The second-order valence-electron chi connectivity index (χ2n) is 4.22. The van der Waals surface area contributed by atoms with E-state index in [0.29, 0.717) is 17.0 Å². The van der Waals surface area contributed by atoms with Gasteiger partial charge in [0.25, 0.3) is 5.56 Å². The zero-order valence-corrected chi connectivity index (χ0v) is 10.6. The number of carboxylic acid groups (broad SMARTS) is 1. The molecule has 0 fully saturated rings. The van der Waals surface area contributed by atoms with Gasteiger partial charge in [0, 0.05) is 18.0 Å². The van der Waals surface area contributed by atoms with Crippen molar-refractivity contribution in [3.05, 3.63) is 57.5 Å². The molecule has 0 aliphatic heterocycles. The normalized spacial score (nSPS) is 10.4. The molecule has 0 spiro atoms. The molecule has 6 nitrogen and oxygen atoms in total. The maximum Gasteiger partial charge on any atom is 0.337 e. The molecule has 2 rings (SSSR count). The summed E-state index contributed by atoms with van der Waals surface area (Å²) in [6.07, 6.45) is 2.97. The molecule has 0 aliphatic rings. The number of nitrogens with zero attached hydrogens (tertiary/aromatic N) is 3. The van der Waals surface area contributed by atoms with E-state index in [1.807, 2.05) is 0 Å². The minimum absolute atomic E-state index is 0.161. The lowest BCUT2D eigenvalue weighted by atomic mass is 10.1. The molecule has 0 aliphatic carbocycles. The number of carboxylic acids is 1. The Bertz CT molecular complexity index is 678. The van der Waals surface area contributed by atoms with E-state index in [0.717, 1.165) is 0 Å². The number of hydrogen-bond donors (Lipinski definition) is 1. The maximum atomic E-state index is 12.0. The van der Waals surface area contributed by atoms with Crippen LogP contribution in [0.2, 0.25) is 0 Å². The Morgan fingerprint density at radius 3 is 2.74 bits per heavy atom. The van der Waals surface area contributed by atoms with Crippen LogP contribution in [0, 0.1) is 13.8 Å². The summed E-state index contributed by atoms with van der Waals surface area (Å²) in [5.41, 5.74) is 1.47. The molecule has 2 heterocycles. The first-order valence-electron chi connectivity index (χ1n) is 5.70. The van der Waals surface area contributed by atoms with Crippen molar-refractivity contribution >= 4 is 5.97 Å². The van der Waals surface area contributed by atoms with Crippen molar-refractivity contribution in [1.82, 2.24) is 14.5 Å².